The van der Waals surface area contributed by atoms with Crippen LogP contribution in [0.1, 0.15) is 29.2 Å². The van der Waals surface area contributed by atoms with E-state index in [0.29, 0.717) is 0 Å². The van der Waals surface area contributed by atoms with Gasteiger partial charge in [-0.3, -0.25) is 11.7 Å². The minimum Gasteiger partial charge on any atom is -0.274 e. The first-order valence-electron chi connectivity index (χ1n) is 10.1. The molecule has 0 saturated heterocycles. The van der Waals surface area contributed by atoms with E-state index < -0.39 is 0 Å². The molecule has 0 atom stereocenters. The van der Waals surface area contributed by atoms with Crippen LogP contribution in [0, 0.1) is 0 Å². The van der Waals surface area contributed by atoms with Gasteiger partial charge in [-0.25, -0.2) is 0 Å². The molecule has 0 heterocycles. The standard InChI is InChI=1S/C28H24.H4N2/c1-2-27(23-15-7-3-8-16-23)28(24-17-9-4-10-18-24,25-19-11-5-12-20-25)26-21-13-6-14-22-26;1-2/h2-22H,1H3;1-2H2. The molecule has 0 bridgehead atoms. The maximum absolute atomic E-state index is 4.00. The molecule has 30 heavy (non-hydrogen) atoms. The van der Waals surface area contributed by atoms with Crippen molar-refractivity contribution >= 4 is 5.57 Å². The number of hydrogen-bond acceptors (Lipinski definition) is 2. The number of hydrogen-bond donors (Lipinski definition) is 2. The van der Waals surface area contributed by atoms with E-state index in [1.165, 1.54) is 27.8 Å². The molecule has 0 aliphatic rings. The molecule has 0 fully saturated rings. The molecule has 0 radical (unpaired) electrons. The zero-order chi connectivity index (χ0) is 21.2. The van der Waals surface area contributed by atoms with Crippen LogP contribution in [0.5, 0.6) is 0 Å². The highest BCUT2D eigenvalue weighted by atomic mass is 15.0. The minimum atomic E-state index is -0.389. The first-order chi connectivity index (χ1) is 14.9. The van der Waals surface area contributed by atoms with Gasteiger partial charge in [0.2, 0.25) is 0 Å². The third kappa shape index (κ3) is 3.97. The third-order valence-corrected chi connectivity index (χ3v) is 5.40. The van der Waals surface area contributed by atoms with E-state index >= 15 is 0 Å². The number of benzene rings is 4. The highest BCUT2D eigenvalue weighted by Gasteiger charge is 2.40. The Hall–Kier alpha value is -3.46. The molecular weight excluding hydrogens is 364 g/mol. The summed E-state index contributed by atoms with van der Waals surface area (Å²) in [4.78, 5) is 0. The third-order valence-electron chi connectivity index (χ3n) is 5.40. The van der Waals surface area contributed by atoms with E-state index in [1.807, 2.05) is 0 Å². The van der Waals surface area contributed by atoms with Crippen LogP contribution < -0.4 is 11.7 Å². The molecule has 0 amide bonds. The summed E-state index contributed by atoms with van der Waals surface area (Å²) in [5.74, 6) is 8.00. The monoisotopic (exact) mass is 392 g/mol. The van der Waals surface area contributed by atoms with Crippen LogP contribution in [-0.4, -0.2) is 0 Å². The van der Waals surface area contributed by atoms with E-state index in [1.54, 1.807) is 0 Å². The molecule has 4 aromatic carbocycles. The Balaban J connectivity index is 0.00000124. The van der Waals surface area contributed by atoms with Gasteiger partial charge in [0.25, 0.3) is 0 Å². The molecule has 0 spiro atoms. The van der Waals surface area contributed by atoms with Crippen LogP contribution >= 0.6 is 0 Å². The average molecular weight is 393 g/mol. The summed E-state index contributed by atoms with van der Waals surface area (Å²) in [7, 11) is 0. The predicted molar refractivity (Wildman–Crippen MR) is 128 cm³/mol. The Kier molecular flexibility index (Phi) is 7.34. The molecule has 4 rings (SSSR count). The fourth-order valence-corrected chi connectivity index (χ4v) is 4.25. The average Bonchev–Trinajstić information content (AvgIpc) is 2.86. The second kappa shape index (κ2) is 10.4. The molecule has 0 saturated carbocycles. The molecule has 0 aromatic heterocycles. The lowest BCUT2D eigenvalue weighted by atomic mass is 9.63. The number of rotatable bonds is 5. The maximum atomic E-state index is 4.00. The second-order valence-corrected chi connectivity index (χ2v) is 6.92. The summed E-state index contributed by atoms with van der Waals surface area (Å²) in [5, 5.41) is 0. The van der Waals surface area contributed by atoms with E-state index in [4.69, 9.17) is 0 Å². The van der Waals surface area contributed by atoms with Gasteiger partial charge in [-0.05, 0) is 34.8 Å². The first-order valence-corrected chi connectivity index (χ1v) is 10.1. The van der Waals surface area contributed by atoms with Gasteiger partial charge in [-0.2, -0.15) is 0 Å². The lowest BCUT2D eigenvalue weighted by Crippen LogP contribution is -2.31. The Bertz CT molecular complexity index is 944. The van der Waals surface area contributed by atoms with Gasteiger partial charge in [0.1, 0.15) is 0 Å². The van der Waals surface area contributed by atoms with Crippen LogP contribution in [0.15, 0.2) is 127 Å². The highest BCUT2D eigenvalue weighted by Crippen LogP contribution is 2.49. The molecular formula is C28H28N2. The van der Waals surface area contributed by atoms with Gasteiger partial charge >= 0.3 is 0 Å². The Morgan fingerprint density at radius 3 is 1.13 bits per heavy atom. The number of nitrogens with two attached hydrogens (primary N) is 2. The largest absolute Gasteiger partial charge is 0.274 e. The molecule has 2 heteroatoms. The fraction of sp³-hybridized carbons (Fsp3) is 0.0714. The molecule has 4 N–H and O–H groups in total. The Labute approximate surface area is 179 Å². The minimum absolute atomic E-state index is 0.389. The topological polar surface area (TPSA) is 52.0 Å². The van der Waals surface area contributed by atoms with E-state index in [9.17, 15) is 0 Å². The quantitative estimate of drug-likeness (QED) is 0.251. The number of hydrazine groups is 1. The Morgan fingerprint density at radius 1 is 0.533 bits per heavy atom. The summed E-state index contributed by atoms with van der Waals surface area (Å²) in [6, 6.07) is 43.2. The van der Waals surface area contributed by atoms with Crippen LogP contribution in [0.2, 0.25) is 0 Å². The van der Waals surface area contributed by atoms with Crippen molar-refractivity contribution in [2.24, 2.45) is 11.7 Å². The second-order valence-electron chi connectivity index (χ2n) is 6.92. The zero-order valence-electron chi connectivity index (χ0n) is 17.3. The normalized spacial score (nSPS) is 11.4. The maximum Gasteiger partial charge on any atom is 0.0704 e. The molecule has 2 nitrogen and oxygen atoms in total. The van der Waals surface area contributed by atoms with Crippen LogP contribution in [-0.2, 0) is 5.41 Å². The van der Waals surface area contributed by atoms with Crippen molar-refractivity contribution in [1.29, 1.82) is 0 Å². The molecule has 4 aromatic rings. The molecule has 0 aliphatic carbocycles. The van der Waals surface area contributed by atoms with Gasteiger partial charge in [-0.15, -0.1) is 0 Å². The van der Waals surface area contributed by atoms with E-state index in [0.717, 1.165) is 0 Å². The summed E-state index contributed by atoms with van der Waals surface area (Å²) in [5.41, 5.74) is 5.94. The Morgan fingerprint density at radius 2 is 0.833 bits per heavy atom. The van der Waals surface area contributed by atoms with Crippen LogP contribution in [0.4, 0.5) is 0 Å². The van der Waals surface area contributed by atoms with Gasteiger partial charge in [-0.1, -0.05) is 127 Å². The van der Waals surface area contributed by atoms with Crippen molar-refractivity contribution in [2.75, 3.05) is 0 Å². The van der Waals surface area contributed by atoms with Crippen LogP contribution in [0.3, 0.4) is 0 Å². The van der Waals surface area contributed by atoms with Crippen molar-refractivity contribution in [2.45, 2.75) is 12.3 Å². The van der Waals surface area contributed by atoms with E-state index in [-0.39, 0.29) is 5.41 Å². The van der Waals surface area contributed by atoms with E-state index in [2.05, 4.69) is 146 Å². The van der Waals surface area contributed by atoms with Gasteiger partial charge in [0.15, 0.2) is 0 Å². The first kappa shape index (κ1) is 21.3. The smallest absolute Gasteiger partial charge is 0.0704 e. The lowest BCUT2D eigenvalue weighted by Gasteiger charge is -2.39. The number of allylic oxidation sites excluding steroid dienone is 2. The van der Waals surface area contributed by atoms with Crippen LogP contribution in [0.25, 0.3) is 5.57 Å². The van der Waals surface area contributed by atoms with Crippen molar-refractivity contribution in [3.8, 4) is 0 Å². The van der Waals surface area contributed by atoms with Crippen molar-refractivity contribution in [1.82, 2.24) is 0 Å². The fourth-order valence-electron chi connectivity index (χ4n) is 4.25. The molecule has 150 valence electrons. The molecule has 0 unspecified atom stereocenters. The van der Waals surface area contributed by atoms with Gasteiger partial charge < -0.3 is 0 Å². The summed E-state index contributed by atoms with van der Waals surface area (Å²) in [6.07, 6.45) is 2.27. The van der Waals surface area contributed by atoms with Gasteiger partial charge in [0.05, 0.1) is 5.41 Å². The summed E-state index contributed by atoms with van der Waals surface area (Å²) in [6.45, 7) is 2.14. The van der Waals surface area contributed by atoms with Crippen molar-refractivity contribution < 1.29 is 0 Å². The zero-order valence-corrected chi connectivity index (χ0v) is 17.3. The van der Waals surface area contributed by atoms with Crippen molar-refractivity contribution in [3.05, 3.63) is 150 Å². The predicted octanol–water partition coefficient (Wildman–Crippen LogP) is 5.94. The lowest BCUT2D eigenvalue weighted by molar-refractivity contribution is 0.799. The molecule has 0 aliphatic heterocycles. The summed E-state index contributed by atoms with van der Waals surface area (Å²) < 4.78 is 0. The van der Waals surface area contributed by atoms with Gasteiger partial charge in [0, 0.05) is 0 Å². The van der Waals surface area contributed by atoms with Crippen molar-refractivity contribution in [3.63, 3.8) is 0 Å². The summed E-state index contributed by atoms with van der Waals surface area (Å²) >= 11 is 0. The highest BCUT2D eigenvalue weighted by molar-refractivity contribution is 5.83. The SMILES string of the molecule is CC=C(c1ccccc1)C(c1ccccc1)(c1ccccc1)c1ccccc1.NN.